The van der Waals surface area contributed by atoms with Gasteiger partial charge in [-0.2, -0.15) is 0 Å². The van der Waals surface area contributed by atoms with E-state index in [1.807, 2.05) is 10.8 Å². The zero-order valence-electron chi connectivity index (χ0n) is 9.73. The molecule has 0 aliphatic rings. The molecule has 0 amide bonds. The number of imidazole rings is 1. The highest BCUT2D eigenvalue weighted by molar-refractivity contribution is 5.86. The van der Waals surface area contributed by atoms with Gasteiger partial charge >= 0.3 is 5.97 Å². The molecule has 0 saturated carbocycles. The number of carboxylic acid groups (broad SMARTS) is 1. The zero-order chi connectivity index (χ0) is 13.0. The van der Waals surface area contributed by atoms with Gasteiger partial charge in [0.25, 0.3) is 0 Å². The molecule has 2 aromatic rings. The Bertz CT molecular complexity index is 518. The predicted molar refractivity (Wildman–Crippen MR) is 61.7 cm³/mol. The van der Waals surface area contributed by atoms with Gasteiger partial charge in [-0.05, 0) is 6.42 Å². The van der Waals surface area contributed by atoms with Crippen LogP contribution in [0.4, 0.5) is 0 Å². The van der Waals surface area contributed by atoms with E-state index in [1.165, 1.54) is 0 Å². The summed E-state index contributed by atoms with van der Waals surface area (Å²) in [6, 6.07) is 0. The quantitative estimate of drug-likeness (QED) is 0.729. The van der Waals surface area contributed by atoms with Crippen LogP contribution in [-0.2, 0) is 19.6 Å². The van der Waals surface area contributed by atoms with Crippen molar-refractivity contribution in [3.63, 3.8) is 0 Å². The van der Waals surface area contributed by atoms with E-state index in [0.29, 0.717) is 12.2 Å². The predicted octanol–water partition coefficient (Wildman–Crippen LogP) is -0.278. The van der Waals surface area contributed by atoms with Gasteiger partial charge < -0.3 is 15.4 Å². The maximum atomic E-state index is 10.9. The van der Waals surface area contributed by atoms with Crippen LogP contribution >= 0.6 is 0 Å². The number of carbonyl (C=O) groups is 1. The summed E-state index contributed by atoms with van der Waals surface area (Å²) in [6.45, 7) is 1.47. The standard InChI is InChI=1S/C10H14N6O2/c11-6-8-9(10(17)18)13-14-16(8)4-1-3-15-5-2-12-7-15/h2,5,7H,1,3-4,6,11H2,(H,17,18). The lowest BCUT2D eigenvalue weighted by Crippen LogP contribution is -2.13. The molecule has 0 aliphatic heterocycles. The summed E-state index contributed by atoms with van der Waals surface area (Å²) in [5.41, 5.74) is 5.90. The number of nitrogens with zero attached hydrogens (tertiary/aromatic N) is 5. The van der Waals surface area contributed by atoms with E-state index < -0.39 is 5.97 Å². The number of hydrogen-bond donors (Lipinski definition) is 2. The van der Waals surface area contributed by atoms with Crippen molar-refractivity contribution in [2.75, 3.05) is 0 Å². The normalized spacial score (nSPS) is 10.7. The van der Waals surface area contributed by atoms with E-state index in [4.69, 9.17) is 10.8 Å². The molecular weight excluding hydrogens is 236 g/mol. The second kappa shape index (κ2) is 5.41. The molecule has 96 valence electrons. The number of aryl methyl sites for hydroxylation is 2. The van der Waals surface area contributed by atoms with Crippen LogP contribution in [0.25, 0.3) is 0 Å². The van der Waals surface area contributed by atoms with Crippen LogP contribution in [0.1, 0.15) is 22.6 Å². The van der Waals surface area contributed by atoms with Crippen LogP contribution in [0, 0.1) is 0 Å². The maximum absolute atomic E-state index is 10.9. The third-order valence-electron chi connectivity index (χ3n) is 2.58. The second-order valence-electron chi connectivity index (χ2n) is 3.77. The summed E-state index contributed by atoms with van der Waals surface area (Å²) in [6.07, 6.45) is 6.11. The Morgan fingerprint density at radius 1 is 1.44 bits per heavy atom. The van der Waals surface area contributed by atoms with Crippen LogP contribution in [-0.4, -0.2) is 35.6 Å². The molecule has 0 aliphatic carbocycles. The SMILES string of the molecule is NCc1c(C(=O)O)nnn1CCCn1ccnc1. The maximum Gasteiger partial charge on any atom is 0.358 e. The molecule has 2 rings (SSSR count). The van der Waals surface area contributed by atoms with Crippen molar-refractivity contribution in [3.8, 4) is 0 Å². The molecule has 0 radical (unpaired) electrons. The molecule has 0 aromatic carbocycles. The van der Waals surface area contributed by atoms with Gasteiger partial charge in [0.1, 0.15) is 0 Å². The highest BCUT2D eigenvalue weighted by Crippen LogP contribution is 2.06. The van der Waals surface area contributed by atoms with Crippen molar-refractivity contribution < 1.29 is 9.90 Å². The summed E-state index contributed by atoms with van der Waals surface area (Å²) in [4.78, 5) is 14.8. The topological polar surface area (TPSA) is 112 Å². The Morgan fingerprint density at radius 3 is 2.89 bits per heavy atom. The minimum absolute atomic E-state index is 0.0693. The van der Waals surface area contributed by atoms with Crippen molar-refractivity contribution >= 4 is 5.97 Å². The number of hydrogen-bond acceptors (Lipinski definition) is 5. The summed E-state index contributed by atoms with van der Waals surface area (Å²) in [5, 5.41) is 16.3. The van der Waals surface area contributed by atoms with E-state index >= 15 is 0 Å². The molecule has 2 aromatic heterocycles. The van der Waals surface area contributed by atoms with Crippen molar-refractivity contribution in [3.05, 3.63) is 30.1 Å². The number of rotatable bonds is 6. The van der Waals surface area contributed by atoms with Gasteiger partial charge in [-0.15, -0.1) is 5.10 Å². The molecular formula is C10H14N6O2. The Hall–Kier alpha value is -2.22. The molecule has 2 heterocycles. The highest BCUT2D eigenvalue weighted by atomic mass is 16.4. The number of carboxylic acids is 1. The van der Waals surface area contributed by atoms with Gasteiger partial charge in [0.2, 0.25) is 0 Å². The smallest absolute Gasteiger partial charge is 0.358 e. The Kier molecular flexibility index (Phi) is 3.68. The number of nitrogens with two attached hydrogens (primary N) is 1. The molecule has 0 spiro atoms. The first-order chi connectivity index (χ1) is 8.72. The van der Waals surface area contributed by atoms with Crippen LogP contribution < -0.4 is 5.73 Å². The van der Waals surface area contributed by atoms with E-state index in [0.717, 1.165) is 13.0 Å². The van der Waals surface area contributed by atoms with E-state index in [2.05, 4.69) is 15.3 Å². The average Bonchev–Trinajstić information content (AvgIpc) is 2.97. The fraction of sp³-hybridized carbons (Fsp3) is 0.400. The molecule has 0 atom stereocenters. The second-order valence-corrected chi connectivity index (χ2v) is 3.77. The lowest BCUT2D eigenvalue weighted by atomic mass is 10.3. The Morgan fingerprint density at radius 2 is 2.28 bits per heavy atom. The van der Waals surface area contributed by atoms with E-state index in [-0.39, 0.29) is 12.2 Å². The summed E-state index contributed by atoms with van der Waals surface area (Å²) < 4.78 is 3.48. The molecule has 0 bridgehead atoms. The van der Waals surface area contributed by atoms with Gasteiger partial charge in [0, 0.05) is 32.0 Å². The molecule has 8 heteroatoms. The van der Waals surface area contributed by atoms with Gasteiger partial charge in [-0.1, -0.05) is 5.21 Å². The van der Waals surface area contributed by atoms with Gasteiger partial charge in [-0.25, -0.2) is 14.5 Å². The third kappa shape index (κ3) is 2.54. The summed E-state index contributed by atoms with van der Waals surface area (Å²) >= 11 is 0. The van der Waals surface area contributed by atoms with Crippen molar-refractivity contribution in [1.29, 1.82) is 0 Å². The fourth-order valence-electron chi connectivity index (χ4n) is 1.70. The lowest BCUT2D eigenvalue weighted by Gasteiger charge is -2.05. The lowest BCUT2D eigenvalue weighted by molar-refractivity contribution is 0.0689. The molecule has 18 heavy (non-hydrogen) atoms. The van der Waals surface area contributed by atoms with Crippen LogP contribution in [0.2, 0.25) is 0 Å². The first-order valence-corrected chi connectivity index (χ1v) is 5.54. The van der Waals surface area contributed by atoms with Crippen LogP contribution in [0.5, 0.6) is 0 Å². The van der Waals surface area contributed by atoms with Gasteiger partial charge in [0.15, 0.2) is 5.69 Å². The van der Waals surface area contributed by atoms with Gasteiger partial charge in [0.05, 0.1) is 12.0 Å². The molecule has 0 saturated heterocycles. The minimum atomic E-state index is -1.10. The average molecular weight is 250 g/mol. The molecule has 3 N–H and O–H groups in total. The van der Waals surface area contributed by atoms with E-state index in [9.17, 15) is 4.79 Å². The Balaban J connectivity index is 1.99. The van der Waals surface area contributed by atoms with E-state index in [1.54, 1.807) is 17.2 Å². The van der Waals surface area contributed by atoms with Gasteiger partial charge in [-0.3, -0.25) is 0 Å². The zero-order valence-corrected chi connectivity index (χ0v) is 9.73. The minimum Gasteiger partial charge on any atom is -0.476 e. The van der Waals surface area contributed by atoms with Crippen molar-refractivity contribution in [2.24, 2.45) is 5.73 Å². The van der Waals surface area contributed by atoms with Crippen molar-refractivity contribution in [2.45, 2.75) is 26.1 Å². The fourth-order valence-corrected chi connectivity index (χ4v) is 1.70. The third-order valence-corrected chi connectivity index (χ3v) is 2.58. The largest absolute Gasteiger partial charge is 0.476 e. The molecule has 8 nitrogen and oxygen atoms in total. The first-order valence-electron chi connectivity index (χ1n) is 5.54. The monoisotopic (exact) mass is 250 g/mol. The van der Waals surface area contributed by atoms with Crippen LogP contribution in [0.15, 0.2) is 18.7 Å². The summed E-state index contributed by atoms with van der Waals surface area (Å²) in [7, 11) is 0. The van der Waals surface area contributed by atoms with Crippen molar-refractivity contribution in [1.82, 2.24) is 24.5 Å². The molecule has 0 unspecified atom stereocenters. The van der Waals surface area contributed by atoms with Crippen LogP contribution in [0.3, 0.4) is 0 Å². The Labute approximate surface area is 103 Å². The summed E-state index contributed by atoms with van der Waals surface area (Å²) in [5.74, 6) is -1.10. The number of aromatic carboxylic acids is 1. The highest BCUT2D eigenvalue weighted by Gasteiger charge is 2.17. The number of aromatic nitrogens is 5. The first kappa shape index (κ1) is 12.2. The molecule has 0 fully saturated rings.